The molecule has 5 heteroatoms. The van der Waals surface area contributed by atoms with E-state index in [1.54, 1.807) is 11.8 Å². The van der Waals surface area contributed by atoms with Crippen molar-refractivity contribution in [2.45, 2.75) is 64.6 Å². The summed E-state index contributed by atoms with van der Waals surface area (Å²) in [7, 11) is 0. The Morgan fingerprint density at radius 1 is 1.55 bits per heavy atom. The van der Waals surface area contributed by atoms with Gasteiger partial charge in [0.15, 0.2) is 0 Å². The lowest BCUT2D eigenvalue weighted by atomic mass is 9.64. The fourth-order valence-electron chi connectivity index (χ4n) is 2.44. The molecule has 1 amide bonds. The first-order chi connectivity index (χ1) is 9.43. The molecule has 3 N–H and O–H groups in total. The Morgan fingerprint density at radius 2 is 2.25 bits per heavy atom. The first kappa shape index (κ1) is 17.8. The largest absolute Gasteiger partial charge is 0.378 e. The standard InChI is InChI=1S/C15H30N2O2S/c1-5-6-8-19-13-10-12(15(13,2)3)17-14(18)11(16)7-9-20-4/h11-13H,5-10,16H2,1-4H3,(H,17,18)/t11-,12?,13?/m0/s1. The van der Waals surface area contributed by atoms with E-state index in [0.29, 0.717) is 0 Å². The number of hydrogen-bond acceptors (Lipinski definition) is 4. The number of amides is 1. The molecule has 1 aliphatic rings. The van der Waals surface area contributed by atoms with Gasteiger partial charge in [0.2, 0.25) is 5.91 Å². The second-order valence-corrected chi connectivity index (χ2v) is 7.20. The van der Waals surface area contributed by atoms with Crippen molar-refractivity contribution in [3.05, 3.63) is 0 Å². The summed E-state index contributed by atoms with van der Waals surface area (Å²) < 4.78 is 5.88. The van der Waals surface area contributed by atoms with E-state index in [2.05, 4.69) is 26.1 Å². The monoisotopic (exact) mass is 302 g/mol. The molecule has 0 aromatic heterocycles. The molecule has 0 saturated heterocycles. The lowest BCUT2D eigenvalue weighted by Crippen LogP contribution is -2.63. The fraction of sp³-hybridized carbons (Fsp3) is 0.933. The van der Waals surface area contributed by atoms with Crippen LogP contribution in [0, 0.1) is 5.41 Å². The molecule has 1 rings (SSSR count). The molecule has 118 valence electrons. The zero-order chi connectivity index (χ0) is 15.2. The summed E-state index contributed by atoms with van der Waals surface area (Å²) >= 11 is 1.72. The first-order valence-electron chi connectivity index (χ1n) is 7.60. The number of unbranched alkanes of at least 4 members (excludes halogenated alkanes) is 1. The van der Waals surface area contributed by atoms with Crippen LogP contribution in [-0.2, 0) is 9.53 Å². The number of carbonyl (C=O) groups excluding carboxylic acids is 1. The number of ether oxygens (including phenoxy) is 1. The Labute approximate surface area is 127 Å². The minimum absolute atomic E-state index is 0.00261. The molecule has 0 radical (unpaired) electrons. The molecule has 0 aliphatic heterocycles. The molecule has 0 aromatic carbocycles. The van der Waals surface area contributed by atoms with E-state index in [9.17, 15) is 4.79 Å². The quantitative estimate of drug-likeness (QED) is 0.641. The SMILES string of the molecule is CCCCOC1CC(NC(=O)[C@@H](N)CCSC)C1(C)C. The van der Waals surface area contributed by atoms with Gasteiger partial charge < -0.3 is 15.8 Å². The highest BCUT2D eigenvalue weighted by Crippen LogP contribution is 2.42. The van der Waals surface area contributed by atoms with Gasteiger partial charge in [-0.05, 0) is 31.3 Å². The van der Waals surface area contributed by atoms with Crippen LogP contribution >= 0.6 is 11.8 Å². The smallest absolute Gasteiger partial charge is 0.237 e. The van der Waals surface area contributed by atoms with Crippen LogP contribution in [0.2, 0.25) is 0 Å². The third-order valence-corrected chi connectivity index (χ3v) is 4.92. The number of rotatable bonds is 9. The minimum Gasteiger partial charge on any atom is -0.378 e. The van der Waals surface area contributed by atoms with Crippen molar-refractivity contribution in [2.24, 2.45) is 11.1 Å². The molecule has 1 saturated carbocycles. The number of thioether (sulfide) groups is 1. The highest BCUT2D eigenvalue weighted by molar-refractivity contribution is 7.98. The summed E-state index contributed by atoms with van der Waals surface area (Å²) in [5, 5.41) is 3.08. The Balaban J connectivity index is 2.34. The average molecular weight is 302 g/mol. The molecule has 0 bridgehead atoms. The number of nitrogens with two attached hydrogens (primary N) is 1. The lowest BCUT2D eigenvalue weighted by Gasteiger charge is -2.51. The molecule has 4 nitrogen and oxygen atoms in total. The summed E-state index contributed by atoms with van der Waals surface area (Å²) in [5.74, 6) is 0.898. The van der Waals surface area contributed by atoms with Gasteiger partial charge in [0.25, 0.3) is 0 Å². The van der Waals surface area contributed by atoms with Crippen molar-refractivity contribution in [1.29, 1.82) is 0 Å². The Kier molecular flexibility index (Phi) is 7.34. The fourth-order valence-corrected chi connectivity index (χ4v) is 2.93. The van der Waals surface area contributed by atoms with E-state index < -0.39 is 6.04 Å². The molecule has 1 fully saturated rings. The zero-order valence-corrected chi connectivity index (χ0v) is 14.1. The van der Waals surface area contributed by atoms with Gasteiger partial charge in [-0.3, -0.25) is 4.79 Å². The van der Waals surface area contributed by atoms with Crippen molar-refractivity contribution in [2.75, 3.05) is 18.6 Å². The van der Waals surface area contributed by atoms with Crippen LogP contribution < -0.4 is 11.1 Å². The maximum atomic E-state index is 12.0. The van der Waals surface area contributed by atoms with Gasteiger partial charge in [-0.25, -0.2) is 0 Å². The predicted molar refractivity (Wildman–Crippen MR) is 86.0 cm³/mol. The maximum Gasteiger partial charge on any atom is 0.237 e. The molecule has 20 heavy (non-hydrogen) atoms. The third kappa shape index (κ3) is 4.64. The Morgan fingerprint density at radius 3 is 2.80 bits per heavy atom. The van der Waals surface area contributed by atoms with Gasteiger partial charge >= 0.3 is 0 Å². The van der Waals surface area contributed by atoms with Crippen molar-refractivity contribution in [3.8, 4) is 0 Å². The van der Waals surface area contributed by atoms with E-state index >= 15 is 0 Å². The second kappa shape index (κ2) is 8.25. The van der Waals surface area contributed by atoms with Gasteiger partial charge in [-0.2, -0.15) is 11.8 Å². The van der Waals surface area contributed by atoms with Crippen LogP contribution in [0.5, 0.6) is 0 Å². The van der Waals surface area contributed by atoms with Crippen LogP contribution in [0.1, 0.15) is 46.5 Å². The first-order valence-corrected chi connectivity index (χ1v) is 8.99. The molecular weight excluding hydrogens is 272 g/mol. The van der Waals surface area contributed by atoms with E-state index in [4.69, 9.17) is 10.5 Å². The highest BCUT2D eigenvalue weighted by Gasteiger charge is 2.49. The Hall–Kier alpha value is -0.260. The Bertz CT molecular complexity index is 310. The summed E-state index contributed by atoms with van der Waals surface area (Å²) in [5.41, 5.74) is 5.90. The van der Waals surface area contributed by atoms with E-state index in [1.165, 1.54) is 0 Å². The normalized spacial score (nSPS) is 25.9. The van der Waals surface area contributed by atoms with Crippen molar-refractivity contribution in [1.82, 2.24) is 5.32 Å². The molecule has 1 aliphatic carbocycles. The maximum absolute atomic E-state index is 12.0. The third-order valence-electron chi connectivity index (χ3n) is 4.28. The van der Waals surface area contributed by atoms with Crippen LogP contribution in [0.25, 0.3) is 0 Å². The predicted octanol–water partition coefficient (Wildman–Crippen LogP) is 2.17. The van der Waals surface area contributed by atoms with Crippen LogP contribution in [-0.4, -0.2) is 42.7 Å². The highest BCUT2D eigenvalue weighted by atomic mass is 32.2. The molecule has 3 atom stereocenters. The number of nitrogens with one attached hydrogen (secondary N) is 1. The van der Waals surface area contributed by atoms with Gasteiger partial charge in [-0.15, -0.1) is 0 Å². The van der Waals surface area contributed by atoms with Crippen LogP contribution in [0.4, 0.5) is 0 Å². The number of carbonyl (C=O) groups is 1. The topological polar surface area (TPSA) is 64.3 Å². The van der Waals surface area contributed by atoms with Crippen LogP contribution in [0.15, 0.2) is 0 Å². The van der Waals surface area contributed by atoms with Gasteiger partial charge in [-0.1, -0.05) is 27.2 Å². The van der Waals surface area contributed by atoms with Gasteiger partial charge in [0.05, 0.1) is 12.1 Å². The van der Waals surface area contributed by atoms with Crippen molar-refractivity contribution >= 4 is 17.7 Å². The van der Waals surface area contributed by atoms with Crippen LogP contribution in [0.3, 0.4) is 0 Å². The molecule has 2 unspecified atom stereocenters. The average Bonchev–Trinajstić information content (AvgIpc) is 2.42. The van der Waals surface area contributed by atoms with Gasteiger partial charge in [0, 0.05) is 18.1 Å². The van der Waals surface area contributed by atoms with Gasteiger partial charge in [0.1, 0.15) is 0 Å². The van der Waals surface area contributed by atoms with E-state index in [-0.39, 0.29) is 23.5 Å². The molecule has 0 spiro atoms. The number of hydrogen-bond donors (Lipinski definition) is 2. The summed E-state index contributed by atoms with van der Waals surface area (Å²) in [6.45, 7) is 7.30. The summed E-state index contributed by atoms with van der Waals surface area (Å²) in [6, 6.07) is -0.208. The lowest BCUT2D eigenvalue weighted by molar-refractivity contribution is -0.139. The minimum atomic E-state index is -0.390. The zero-order valence-electron chi connectivity index (χ0n) is 13.3. The van der Waals surface area contributed by atoms with Crippen molar-refractivity contribution in [3.63, 3.8) is 0 Å². The molecule has 0 heterocycles. The van der Waals surface area contributed by atoms with E-state index in [1.807, 2.05) is 6.26 Å². The van der Waals surface area contributed by atoms with E-state index in [0.717, 1.165) is 38.0 Å². The second-order valence-electron chi connectivity index (χ2n) is 6.22. The molecular formula is C15H30N2O2S. The molecule has 0 aromatic rings. The summed E-state index contributed by atoms with van der Waals surface area (Å²) in [6.07, 6.45) is 6.16. The summed E-state index contributed by atoms with van der Waals surface area (Å²) in [4.78, 5) is 12.0. The van der Waals surface area contributed by atoms with Crippen molar-refractivity contribution < 1.29 is 9.53 Å².